The maximum atomic E-state index is 12.9. The van der Waals surface area contributed by atoms with Crippen LogP contribution in [0.25, 0.3) is 10.2 Å². The Morgan fingerprint density at radius 3 is 2.59 bits per heavy atom. The molecule has 0 spiro atoms. The number of rotatable bonds is 3. The van der Waals surface area contributed by atoms with Crippen molar-refractivity contribution in [1.29, 1.82) is 0 Å². The van der Waals surface area contributed by atoms with E-state index in [1.54, 1.807) is 6.08 Å². The van der Waals surface area contributed by atoms with E-state index in [1.807, 2.05) is 30.5 Å². The molecule has 1 amide bonds. The topological polar surface area (TPSA) is 34.4 Å². The van der Waals surface area contributed by atoms with E-state index in [4.69, 9.17) is 0 Å². The summed E-state index contributed by atoms with van der Waals surface area (Å²) in [5.74, 6) is -0.709. The number of allylic oxidation sites excluding steroid dienone is 1. The number of hydrogen-bond donors (Lipinski definition) is 0. The van der Waals surface area contributed by atoms with Crippen LogP contribution in [-0.2, 0) is 12.7 Å². The van der Waals surface area contributed by atoms with E-state index in [2.05, 4.69) is 11.6 Å². The van der Waals surface area contributed by atoms with Crippen molar-refractivity contribution in [2.24, 2.45) is 4.99 Å². The minimum atomic E-state index is -4.51. The number of thiazole rings is 1. The molecular weight excluding hydrogens is 373 g/mol. The Morgan fingerprint density at radius 1 is 1.22 bits per heavy atom. The lowest BCUT2D eigenvalue weighted by atomic mass is 10.1. The van der Waals surface area contributed by atoms with Crippen LogP contribution in [0, 0.1) is 13.8 Å². The van der Waals surface area contributed by atoms with Gasteiger partial charge in [-0.05, 0) is 55.3 Å². The predicted octanol–water partition coefficient (Wildman–Crippen LogP) is 5.27. The van der Waals surface area contributed by atoms with Crippen molar-refractivity contribution in [3.05, 3.63) is 76.1 Å². The first-order valence-corrected chi connectivity index (χ1v) is 9.00. The molecule has 0 aliphatic heterocycles. The van der Waals surface area contributed by atoms with Crippen molar-refractivity contribution in [3.63, 3.8) is 0 Å². The summed E-state index contributed by atoms with van der Waals surface area (Å²) in [7, 11) is 0. The number of aryl methyl sites for hydroxylation is 2. The quantitative estimate of drug-likeness (QED) is 0.562. The van der Waals surface area contributed by atoms with Gasteiger partial charge in [0.05, 0.1) is 15.8 Å². The van der Waals surface area contributed by atoms with Crippen molar-refractivity contribution in [1.82, 2.24) is 4.57 Å². The number of carbonyl (C=O) groups is 1. The third kappa shape index (κ3) is 3.88. The first kappa shape index (κ1) is 19.1. The Kier molecular flexibility index (Phi) is 5.06. The minimum absolute atomic E-state index is 0.0974. The zero-order chi connectivity index (χ0) is 19.8. The summed E-state index contributed by atoms with van der Waals surface area (Å²) in [4.78, 5) is 17.0. The monoisotopic (exact) mass is 390 g/mol. The second-order valence-corrected chi connectivity index (χ2v) is 7.19. The van der Waals surface area contributed by atoms with E-state index in [0.29, 0.717) is 11.3 Å². The average molecular weight is 390 g/mol. The fourth-order valence-corrected chi connectivity index (χ4v) is 3.81. The van der Waals surface area contributed by atoms with E-state index in [1.165, 1.54) is 23.5 Å². The van der Waals surface area contributed by atoms with Gasteiger partial charge in [0.25, 0.3) is 5.91 Å². The van der Waals surface area contributed by atoms with Gasteiger partial charge in [0, 0.05) is 12.1 Å². The number of hydrogen-bond acceptors (Lipinski definition) is 2. The van der Waals surface area contributed by atoms with E-state index >= 15 is 0 Å². The number of carbonyl (C=O) groups excluding carboxylic acids is 1. The van der Waals surface area contributed by atoms with Crippen molar-refractivity contribution in [2.45, 2.75) is 26.6 Å². The largest absolute Gasteiger partial charge is 0.416 e. The second kappa shape index (κ2) is 7.15. The molecule has 7 heteroatoms. The first-order chi connectivity index (χ1) is 12.7. The number of aromatic nitrogens is 1. The highest BCUT2D eigenvalue weighted by Gasteiger charge is 2.30. The maximum absolute atomic E-state index is 12.9. The molecule has 0 atom stereocenters. The van der Waals surface area contributed by atoms with Crippen molar-refractivity contribution >= 4 is 27.5 Å². The Morgan fingerprint density at radius 2 is 1.93 bits per heavy atom. The average Bonchev–Trinajstić information content (AvgIpc) is 2.91. The van der Waals surface area contributed by atoms with Gasteiger partial charge in [0.15, 0.2) is 4.80 Å². The van der Waals surface area contributed by atoms with Crippen LogP contribution in [0.15, 0.2) is 54.0 Å². The van der Waals surface area contributed by atoms with Crippen LogP contribution in [0.4, 0.5) is 13.2 Å². The summed E-state index contributed by atoms with van der Waals surface area (Å²) in [5, 5.41) is 0. The molecule has 0 bridgehead atoms. The zero-order valence-corrected chi connectivity index (χ0v) is 15.6. The molecule has 140 valence electrons. The summed E-state index contributed by atoms with van der Waals surface area (Å²) < 4.78 is 41.4. The van der Waals surface area contributed by atoms with Gasteiger partial charge >= 0.3 is 6.18 Å². The zero-order valence-electron chi connectivity index (χ0n) is 14.8. The highest BCUT2D eigenvalue weighted by atomic mass is 32.1. The lowest BCUT2D eigenvalue weighted by Gasteiger charge is -2.07. The minimum Gasteiger partial charge on any atom is -0.312 e. The molecule has 0 fully saturated rings. The number of benzene rings is 2. The Labute approximate surface area is 158 Å². The predicted molar refractivity (Wildman–Crippen MR) is 101 cm³/mol. The van der Waals surface area contributed by atoms with Crippen molar-refractivity contribution < 1.29 is 18.0 Å². The molecule has 3 rings (SSSR count). The summed E-state index contributed by atoms with van der Waals surface area (Å²) in [6, 6.07) is 8.33. The molecule has 0 saturated heterocycles. The molecule has 2 aromatic carbocycles. The SMILES string of the molecule is C=CCn1c(=NC(=O)c2cccc(C(F)(F)F)c2)sc2cc(C)c(C)cc21. The summed E-state index contributed by atoms with van der Waals surface area (Å²) in [6.07, 6.45) is -2.82. The number of fused-ring (bicyclic) bond motifs is 1. The van der Waals surface area contributed by atoms with E-state index in [-0.39, 0.29) is 5.56 Å². The van der Waals surface area contributed by atoms with Gasteiger partial charge in [-0.2, -0.15) is 18.2 Å². The fourth-order valence-electron chi connectivity index (χ4n) is 2.69. The van der Waals surface area contributed by atoms with Gasteiger partial charge in [-0.15, -0.1) is 6.58 Å². The van der Waals surface area contributed by atoms with Gasteiger partial charge in [0.1, 0.15) is 0 Å². The lowest BCUT2D eigenvalue weighted by Crippen LogP contribution is -2.16. The molecule has 0 unspecified atom stereocenters. The molecule has 3 nitrogen and oxygen atoms in total. The molecule has 0 aliphatic carbocycles. The fraction of sp³-hybridized carbons (Fsp3) is 0.200. The van der Waals surface area contributed by atoms with Crippen LogP contribution >= 0.6 is 11.3 Å². The third-order valence-electron chi connectivity index (χ3n) is 4.24. The van der Waals surface area contributed by atoms with E-state index in [9.17, 15) is 18.0 Å². The number of nitrogens with zero attached hydrogens (tertiary/aromatic N) is 2. The van der Waals surface area contributed by atoms with Crippen LogP contribution in [-0.4, -0.2) is 10.5 Å². The van der Waals surface area contributed by atoms with Crippen LogP contribution in [0.2, 0.25) is 0 Å². The third-order valence-corrected chi connectivity index (χ3v) is 5.29. The van der Waals surface area contributed by atoms with E-state index in [0.717, 1.165) is 33.5 Å². The normalized spacial score (nSPS) is 12.6. The first-order valence-electron chi connectivity index (χ1n) is 8.18. The molecule has 0 aliphatic rings. The molecule has 3 aromatic rings. The molecule has 27 heavy (non-hydrogen) atoms. The summed E-state index contributed by atoms with van der Waals surface area (Å²) in [6.45, 7) is 8.17. The highest BCUT2D eigenvalue weighted by Crippen LogP contribution is 2.29. The van der Waals surface area contributed by atoms with Crippen molar-refractivity contribution in [2.75, 3.05) is 0 Å². The van der Waals surface area contributed by atoms with Crippen molar-refractivity contribution in [3.8, 4) is 0 Å². The van der Waals surface area contributed by atoms with Crippen LogP contribution in [0.3, 0.4) is 0 Å². The van der Waals surface area contributed by atoms with Gasteiger partial charge in [0.2, 0.25) is 0 Å². The Hall–Kier alpha value is -2.67. The van der Waals surface area contributed by atoms with Crippen LogP contribution in [0.5, 0.6) is 0 Å². The smallest absolute Gasteiger partial charge is 0.312 e. The molecule has 0 saturated carbocycles. The summed E-state index contributed by atoms with van der Waals surface area (Å²) >= 11 is 1.32. The molecule has 0 N–H and O–H groups in total. The van der Waals surface area contributed by atoms with E-state index < -0.39 is 17.6 Å². The number of alkyl halides is 3. The van der Waals surface area contributed by atoms with Gasteiger partial charge < -0.3 is 4.57 Å². The molecule has 1 aromatic heterocycles. The molecule has 1 heterocycles. The molecular formula is C20H17F3N2OS. The van der Waals surface area contributed by atoms with Crippen LogP contribution < -0.4 is 4.80 Å². The van der Waals surface area contributed by atoms with Gasteiger partial charge in [-0.25, -0.2) is 0 Å². The lowest BCUT2D eigenvalue weighted by molar-refractivity contribution is -0.137. The molecule has 0 radical (unpaired) electrons. The summed E-state index contributed by atoms with van der Waals surface area (Å²) in [5.41, 5.74) is 2.17. The Balaban J connectivity index is 2.14. The number of amides is 1. The van der Waals surface area contributed by atoms with Crippen LogP contribution in [0.1, 0.15) is 27.0 Å². The standard InChI is InChI=1S/C20H17F3N2OS/c1-4-8-25-16-9-12(2)13(3)10-17(16)27-19(25)24-18(26)14-6-5-7-15(11-14)20(21,22)23/h4-7,9-11H,1,8H2,2-3H3. The highest BCUT2D eigenvalue weighted by molar-refractivity contribution is 7.16. The number of halogens is 3. The van der Waals surface area contributed by atoms with Gasteiger partial charge in [-0.1, -0.05) is 23.5 Å². The Bertz CT molecular complexity index is 1110. The van der Waals surface area contributed by atoms with Gasteiger partial charge in [-0.3, -0.25) is 4.79 Å². The maximum Gasteiger partial charge on any atom is 0.416 e. The second-order valence-electron chi connectivity index (χ2n) is 6.18.